The van der Waals surface area contributed by atoms with Gasteiger partial charge < -0.3 is 10.1 Å². The summed E-state index contributed by atoms with van der Waals surface area (Å²) in [5.74, 6) is 0.303. The molecule has 0 saturated carbocycles. The van der Waals surface area contributed by atoms with E-state index in [0.29, 0.717) is 17.6 Å². The first-order valence-corrected chi connectivity index (χ1v) is 5.83. The fourth-order valence-electron chi connectivity index (χ4n) is 1.30. The molecule has 1 N–H and O–H groups in total. The number of aromatic nitrogens is 2. The average Bonchev–Trinajstić information content (AvgIpc) is 2.26. The smallest absolute Gasteiger partial charge is 0.328 e. The zero-order valence-corrected chi connectivity index (χ0v) is 10.9. The highest BCUT2D eigenvalue weighted by Gasteiger charge is 2.23. The maximum absolute atomic E-state index is 11.7. The van der Waals surface area contributed by atoms with Crippen molar-refractivity contribution in [2.45, 2.75) is 26.8 Å². The van der Waals surface area contributed by atoms with Gasteiger partial charge in [0.1, 0.15) is 23.3 Å². The van der Waals surface area contributed by atoms with Gasteiger partial charge in [-0.25, -0.2) is 14.8 Å². The molecule has 0 aliphatic carbocycles. The molecule has 0 saturated heterocycles. The van der Waals surface area contributed by atoms with Gasteiger partial charge in [-0.2, -0.15) is 0 Å². The lowest BCUT2D eigenvalue weighted by atomic mass is 10.0. The molecule has 1 aromatic heterocycles. The van der Waals surface area contributed by atoms with Crippen molar-refractivity contribution in [3.05, 3.63) is 17.5 Å². The Morgan fingerprint density at radius 3 is 2.76 bits per heavy atom. The third-order valence-corrected chi connectivity index (χ3v) is 2.35. The highest BCUT2D eigenvalue weighted by Crippen LogP contribution is 2.14. The molecule has 0 aromatic carbocycles. The molecule has 0 radical (unpaired) electrons. The number of rotatable bonds is 5. The molecule has 1 rings (SSSR count). The minimum absolute atomic E-state index is 0.0859. The lowest BCUT2D eigenvalue weighted by molar-refractivity contribution is -0.145. The molecular weight excluding hydrogens is 242 g/mol. The molecule has 0 aliphatic rings. The molecule has 0 amide bonds. The maximum Gasteiger partial charge on any atom is 0.328 e. The monoisotopic (exact) mass is 257 g/mol. The van der Waals surface area contributed by atoms with Crippen LogP contribution in [0.15, 0.2) is 12.4 Å². The van der Waals surface area contributed by atoms with Crippen molar-refractivity contribution in [1.82, 2.24) is 9.97 Å². The summed E-state index contributed by atoms with van der Waals surface area (Å²) in [6, 6.07) is 1.12. The number of anilines is 1. The Hall–Kier alpha value is -1.36. The number of nitrogens with one attached hydrogen (secondary N) is 1. The first kappa shape index (κ1) is 13.7. The quantitative estimate of drug-likeness (QED) is 0.647. The van der Waals surface area contributed by atoms with Crippen molar-refractivity contribution in [1.29, 1.82) is 0 Å². The SMILES string of the molecule is CCOC(=O)C(Nc1cc(Cl)ncn1)C(C)C. The van der Waals surface area contributed by atoms with Gasteiger partial charge in [0.2, 0.25) is 0 Å². The first-order valence-electron chi connectivity index (χ1n) is 5.45. The number of hydrogen-bond acceptors (Lipinski definition) is 5. The fraction of sp³-hybridized carbons (Fsp3) is 0.545. The molecule has 0 spiro atoms. The molecule has 6 heteroatoms. The van der Waals surface area contributed by atoms with Crippen LogP contribution in [0.4, 0.5) is 5.82 Å². The second-order valence-electron chi connectivity index (χ2n) is 3.84. The second kappa shape index (κ2) is 6.39. The summed E-state index contributed by atoms with van der Waals surface area (Å²) in [6.45, 7) is 5.99. The Bertz CT molecular complexity index is 385. The zero-order chi connectivity index (χ0) is 12.8. The van der Waals surface area contributed by atoms with E-state index in [1.807, 2.05) is 13.8 Å². The molecule has 94 valence electrons. The minimum Gasteiger partial charge on any atom is -0.464 e. The van der Waals surface area contributed by atoms with Crippen LogP contribution in [0.1, 0.15) is 20.8 Å². The van der Waals surface area contributed by atoms with E-state index in [4.69, 9.17) is 16.3 Å². The molecule has 1 unspecified atom stereocenters. The van der Waals surface area contributed by atoms with Crippen LogP contribution in [-0.2, 0) is 9.53 Å². The van der Waals surface area contributed by atoms with Crippen LogP contribution in [0.2, 0.25) is 5.15 Å². The van der Waals surface area contributed by atoms with Gasteiger partial charge in [0, 0.05) is 6.07 Å². The van der Waals surface area contributed by atoms with Gasteiger partial charge in [0.25, 0.3) is 0 Å². The van der Waals surface area contributed by atoms with Crippen molar-refractivity contribution in [3.63, 3.8) is 0 Å². The van der Waals surface area contributed by atoms with Gasteiger partial charge in [0.05, 0.1) is 6.61 Å². The zero-order valence-electron chi connectivity index (χ0n) is 10.1. The summed E-state index contributed by atoms with van der Waals surface area (Å²) in [4.78, 5) is 19.5. The minimum atomic E-state index is -0.444. The fourth-order valence-corrected chi connectivity index (χ4v) is 1.45. The van der Waals surface area contributed by atoms with E-state index < -0.39 is 6.04 Å². The van der Waals surface area contributed by atoms with Gasteiger partial charge in [0.15, 0.2) is 0 Å². The third kappa shape index (κ3) is 4.19. The highest BCUT2D eigenvalue weighted by atomic mass is 35.5. The van der Waals surface area contributed by atoms with Gasteiger partial charge in [-0.1, -0.05) is 25.4 Å². The number of hydrogen-bond donors (Lipinski definition) is 1. The van der Waals surface area contributed by atoms with Crippen molar-refractivity contribution in [3.8, 4) is 0 Å². The van der Waals surface area contributed by atoms with E-state index in [1.54, 1.807) is 13.0 Å². The van der Waals surface area contributed by atoms with Gasteiger partial charge >= 0.3 is 5.97 Å². The summed E-state index contributed by atoms with van der Waals surface area (Å²) in [7, 11) is 0. The van der Waals surface area contributed by atoms with Gasteiger partial charge in [-0.3, -0.25) is 0 Å². The molecule has 1 atom stereocenters. The van der Waals surface area contributed by atoms with Gasteiger partial charge in [-0.05, 0) is 12.8 Å². The largest absolute Gasteiger partial charge is 0.464 e. The lowest BCUT2D eigenvalue weighted by Crippen LogP contribution is -2.36. The Balaban J connectivity index is 2.76. The van der Waals surface area contributed by atoms with Crippen LogP contribution >= 0.6 is 11.6 Å². The number of ether oxygens (including phenoxy) is 1. The summed E-state index contributed by atoms with van der Waals surface area (Å²) < 4.78 is 4.99. The number of carbonyl (C=O) groups is 1. The molecule has 0 bridgehead atoms. The van der Waals surface area contributed by atoms with Gasteiger partial charge in [-0.15, -0.1) is 0 Å². The number of nitrogens with zero attached hydrogens (tertiary/aromatic N) is 2. The van der Waals surface area contributed by atoms with Crippen LogP contribution < -0.4 is 5.32 Å². The maximum atomic E-state index is 11.7. The Labute approximate surface area is 106 Å². The topological polar surface area (TPSA) is 64.1 Å². The molecule has 0 aliphatic heterocycles. The standard InChI is InChI=1S/C11H16ClN3O2/c1-4-17-11(16)10(7(2)3)15-9-5-8(12)13-6-14-9/h5-7,10H,4H2,1-3H3,(H,13,14,15). The Morgan fingerprint density at radius 1 is 1.53 bits per heavy atom. The molecular formula is C11H16ClN3O2. The van der Waals surface area contributed by atoms with Crippen molar-refractivity contribution < 1.29 is 9.53 Å². The van der Waals surface area contributed by atoms with Crippen LogP contribution in [0, 0.1) is 5.92 Å². The predicted octanol–water partition coefficient (Wildman–Crippen LogP) is 2.13. The van der Waals surface area contributed by atoms with Crippen LogP contribution in [-0.4, -0.2) is 28.6 Å². The number of halogens is 1. The Morgan fingerprint density at radius 2 is 2.24 bits per heavy atom. The summed E-state index contributed by atoms with van der Waals surface area (Å²) in [5, 5.41) is 3.32. The van der Waals surface area contributed by atoms with E-state index in [-0.39, 0.29) is 11.9 Å². The van der Waals surface area contributed by atoms with E-state index in [9.17, 15) is 4.79 Å². The predicted molar refractivity (Wildman–Crippen MR) is 65.9 cm³/mol. The second-order valence-corrected chi connectivity index (χ2v) is 4.23. The first-order chi connectivity index (χ1) is 8.04. The summed E-state index contributed by atoms with van der Waals surface area (Å²) in [6.07, 6.45) is 1.34. The molecule has 1 heterocycles. The van der Waals surface area contributed by atoms with E-state index >= 15 is 0 Å². The lowest BCUT2D eigenvalue weighted by Gasteiger charge is -2.20. The van der Waals surface area contributed by atoms with Crippen LogP contribution in [0.25, 0.3) is 0 Å². The Kier molecular flexibility index (Phi) is 5.15. The molecule has 1 aromatic rings. The van der Waals surface area contributed by atoms with E-state index in [0.717, 1.165) is 0 Å². The third-order valence-electron chi connectivity index (χ3n) is 2.14. The van der Waals surface area contributed by atoms with Crippen LogP contribution in [0.3, 0.4) is 0 Å². The molecule has 5 nitrogen and oxygen atoms in total. The van der Waals surface area contributed by atoms with Crippen molar-refractivity contribution in [2.24, 2.45) is 5.92 Å². The molecule has 0 fully saturated rings. The molecule has 17 heavy (non-hydrogen) atoms. The van der Waals surface area contributed by atoms with E-state index in [1.165, 1.54) is 6.33 Å². The highest BCUT2D eigenvalue weighted by molar-refractivity contribution is 6.29. The van der Waals surface area contributed by atoms with Crippen LogP contribution in [0.5, 0.6) is 0 Å². The average molecular weight is 258 g/mol. The number of esters is 1. The number of carbonyl (C=O) groups excluding carboxylic acids is 1. The van der Waals surface area contributed by atoms with E-state index in [2.05, 4.69) is 15.3 Å². The summed E-state index contributed by atoms with van der Waals surface area (Å²) in [5.41, 5.74) is 0. The van der Waals surface area contributed by atoms with Crippen molar-refractivity contribution >= 4 is 23.4 Å². The van der Waals surface area contributed by atoms with Crippen molar-refractivity contribution in [2.75, 3.05) is 11.9 Å². The summed E-state index contributed by atoms with van der Waals surface area (Å²) >= 11 is 5.74. The normalized spacial score (nSPS) is 12.3.